The Morgan fingerprint density at radius 1 is 1.26 bits per heavy atom. The molecule has 1 aromatic carbocycles. The highest BCUT2D eigenvalue weighted by molar-refractivity contribution is 5.89. The SMILES string of the molecule is CN(c1cnc(-c2cc3c(F)cn(C)c(=O)c3cc2O)nn1)[C@H]1CC2CCC(N2)[C@H]1F. The second kappa shape index (κ2) is 7.23. The predicted octanol–water partition coefficient (Wildman–Crippen LogP) is 1.90. The molecule has 2 fully saturated rings. The number of aromatic hydroxyl groups is 1. The highest BCUT2D eigenvalue weighted by Crippen LogP contribution is 2.34. The van der Waals surface area contributed by atoms with Crippen molar-refractivity contribution in [3.63, 3.8) is 0 Å². The summed E-state index contributed by atoms with van der Waals surface area (Å²) in [5.41, 5.74) is -0.268. The van der Waals surface area contributed by atoms with Gasteiger partial charge < -0.3 is 19.9 Å². The molecule has 2 unspecified atom stereocenters. The summed E-state index contributed by atoms with van der Waals surface area (Å²) in [6, 6.07) is 2.40. The normalized spacial score (nSPS) is 25.2. The van der Waals surface area contributed by atoms with Gasteiger partial charge in [-0.05, 0) is 31.4 Å². The molecular weight excluding hydrogens is 406 g/mol. The number of aryl methyl sites for hydroxylation is 1. The first-order valence-corrected chi connectivity index (χ1v) is 10.2. The van der Waals surface area contributed by atoms with Crippen molar-refractivity contribution in [3.8, 4) is 17.1 Å². The Hall–Kier alpha value is -3.14. The number of phenolic OH excluding ortho intramolecular Hbond substituents is 1. The molecule has 162 valence electrons. The molecule has 5 rings (SSSR count). The summed E-state index contributed by atoms with van der Waals surface area (Å²) in [7, 11) is 3.21. The third-order valence-electron chi connectivity index (χ3n) is 6.45. The third-order valence-corrected chi connectivity index (χ3v) is 6.45. The zero-order chi connectivity index (χ0) is 21.9. The number of hydrogen-bond acceptors (Lipinski definition) is 7. The number of alkyl halides is 1. The Morgan fingerprint density at radius 2 is 2.06 bits per heavy atom. The largest absolute Gasteiger partial charge is 0.507 e. The van der Waals surface area contributed by atoms with Gasteiger partial charge in [-0.3, -0.25) is 4.79 Å². The van der Waals surface area contributed by atoms with E-state index in [1.165, 1.54) is 25.4 Å². The molecule has 2 aromatic heterocycles. The molecule has 8 nitrogen and oxygen atoms in total. The Bertz CT molecular complexity index is 1220. The zero-order valence-electron chi connectivity index (χ0n) is 17.1. The van der Waals surface area contributed by atoms with Gasteiger partial charge in [0.25, 0.3) is 5.56 Å². The van der Waals surface area contributed by atoms with Crippen LogP contribution in [0.3, 0.4) is 0 Å². The highest BCUT2D eigenvalue weighted by Gasteiger charge is 2.43. The van der Waals surface area contributed by atoms with Crippen LogP contribution in [0, 0.1) is 5.82 Å². The van der Waals surface area contributed by atoms with Gasteiger partial charge in [-0.2, -0.15) is 0 Å². The van der Waals surface area contributed by atoms with Gasteiger partial charge in [0.15, 0.2) is 11.6 Å². The van der Waals surface area contributed by atoms with Crippen LogP contribution in [0.4, 0.5) is 14.6 Å². The molecule has 0 radical (unpaired) electrons. The predicted molar refractivity (Wildman–Crippen MR) is 111 cm³/mol. The van der Waals surface area contributed by atoms with Crippen molar-refractivity contribution in [2.24, 2.45) is 7.05 Å². The molecule has 2 N–H and O–H groups in total. The van der Waals surface area contributed by atoms with Crippen molar-refractivity contribution in [3.05, 3.63) is 40.7 Å². The van der Waals surface area contributed by atoms with E-state index >= 15 is 0 Å². The van der Waals surface area contributed by atoms with Gasteiger partial charge in [0.2, 0.25) is 0 Å². The fourth-order valence-corrected chi connectivity index (χ4v) is 4.70. The van der Waals surface area contributed by atoms with Crippen LogP contribution >= 0.6 is 0 Å². The Morgan fingerprint density at radius 3 is 2.81 bits per heavy atom. The van der Waals surface area contributed by atoms with Crippen LogP contribution < -0.4 is 15.8 Å². The lowest BCUT2D eigenvalue weighted by atomic mass is 9.96. The molecule has 0 spiro atoms. The van der Waals surface area contributed by atoms with Crippen molar-refractivity contribution in [2.45, 2.75) is 43.6 Å². The molecule has 0 amide bonds. The smallest absolute Gasteiger partial charge is 0.258 e. The molecule has 10 heteroatoms. The molecule has 3 aromatic rings. The van der Waals surface area contributed by atoms with Crippen molar-refractivity contribution in [2.75, 3.05) is 11.9 Å². The number of nitrogens with zero attached hydrogens (tertiary/aromatic N) is 5. The van der Waals surface area contributed by atoms with Crippen molar-refractivity contribution < 1.29 is 13.9 Å². The van der Waals surface area contributed by atoms with E-state index in [0.717, 1.165) is 23.6 Å². The van der Waals surface area contributed by atoms with E-state index in [9.17, 15) is 18.7 Å². The number of phenols is 1. The van der Waals surface area contributed by atoms with Crippen LogP contribution in [0.15, 0.2) is 29.3 Å². The monoisotopic (exact) mass is 428 g/mol. The molecule has 0 aliphatic carbocycles. The van der Waals surface area contributed by atoms with Gasteiger partial charge in [-0.1, -0.05) is 0 Å². The number of benzene rings is 1. The summed E-state index contributed by atoms with van der Waals surface area (Å²) in [6.45, 7) is 0. The number of hydrogen-bond donors (Lipinski definition) is 2. The Balaban J connectivity index is 1.47. The summed E-state index contributed by atoms with van der Waals surface area (Å²) in [4.78, 5) is 18.2. The number of fused-ring (bicyclic) bond motifs is 3. The topological polar surface area (TPSA) is 96.2 Å². The van der Waals surface area contributed by atoms with Gasteiger partial charge >= 0.3 is 0 Å². The maximum atomic E-state index is 14.9. The molecule has 4 heterocycles. The van der Waals surface area contributed by atoms with Gasteiger partial charge in [0.05, 0.1) is 23.2 Å². The van der Waals surface area contributed by atoms with E-state index in [1.54, 1.807) is 11.9 Å². The summed E-state index contributed by atoms with van der Waals surface area (Å²) in [6.07, 6.45) is 4.02. The van der Waals surface area contributed by atoms with Crippen LogP contribution in [0.1, 0.15) is 19.3 Å². The van der Waals surface area contributed by atoms with Crippen molar-refractivity contribution in [1.29, 1.82) is 0 Å². The van der Waals surface area contributed by atoms with Crippen LogP contribution in [0.25, 0.3) is 22.2 Å². The summed E-state index contributed by atoms with van der Waals surface area (Å²) in [5, 5.41) is 22.1. The number of aromatic nitrogens is 4. The zero-order valence-corrected chi connectivity index (χ0v) is 17.1. The van der Waals surface area contributed by atoms with Gasteiger partial charge in [-0.15, -0.1) is 10.2 Å². The molecule has 2 aliphatic rings. The second-order valence-electron chi connectivity index (χ2n) is 8.35. The molecule has 4 atom stereocenters. The Labute approximate surface area is 176 Å². The second-order valence-corrected chi connectivity index (χ2v) is 8.35. The third kappa shape index (κ3) is 3.21. The van der Waals surface area contributed by atoms with Crippen LogP contribution in [-0.4, -0.2) is 56.2 Å². The average molecular weight is 428 g/mol. The standard InChI is InChI=1S/C21H22F2N6O2/c1-28-9-14(22)11-6-13(17(30)7-12(11)21(28)31)20-24-8-18(26-27-20)29(2)16-5-10-3-4-15(25-10)19(16)23/h6-10,15-16,19,25,30H,3-5H2,1-2H3/t10?,15?,16-,19+/m0/s1. The lowest BCUT2D eigenvalue weighted by Crippen LogP contribution is -2.55. The molecule has 31 heavy (non-hydrogen) atoms. The molecule has 2 bridgehead atoms. The number of pyridine rings is 1. The van der Waals surface area contributed by atoms with Crippen LogP contribution in [0.5, 0.6) is 5.75 Å². The molecule has 0 saturated carbocycles. The first-order chi connectivity index (χ1) is 14.8. The number of halogens is 2. The van der Waals surface area contributed by atoms with Crippen molar-refractivity contribution in [1.82, 2.24) is 25.1 Å². The lowest BCUT2D eigenvalue weighted by Gasteiger charge is -2.38. The molecule has 2 saturated heterocycles. The minimum atomic E-state index is -1.01. The van der Waals surface area contributed by atoms with Crippen LogP contribution in [0.2, 0.25) is 0 Å². The Kier molecular flexibility index (Phi) is 4.62. The van der Waals surface area contributed by atoms with E-state index in [0.29, 0.717) is 18.3 Å². The van der Waals surface area contributed by atoms with Gasteiger partial charge in [-0.25, -0.2) is 13.8 Å². The summed E-state index contributed by atoms with van der Waals surface area (Å²) >= 11 is 0. The average Bonchev–Trinajstić information content (AvgIpc) is 3.17. The number of nitrogens with one attached hydrogen (secondary N) is 1. The van der Waals surface area contributed by atoms with E-state index in [2.05, 4.69) is 20.5 Å². The maximum Gasteiger partial charge on any atom is 0.258 e. The van der Waals surface area contributed by atoms with Crippen LogP contribution in [-0.2, 0) is 7.05 Å². The maximum absolute atomic E-state index is 14.9. The summed E-state index contributed by atoms with van der Waals surface area (Å²) < 4.78 is 30.4. The molecule has 2 aliphatic heterocycles. The van der Waals surface area contributed by atoms with E-state index in [1.807, 2.05) is 0 Å². The highest BCUT2D eigenvalue weighted by atomic mass is 19.1. The fourth-order valence-electron chi connectivity index (χ4n) is 4.70. The van der Waals surface area contributed by atoms with E-state index < -0.39 is 17.5 Å². The fraction of sp³-hybridized carbons (Fsp3) is 0.429. The van der Waals surface area contributed by atoms with E-state index in [4.69, 9.17) is 0 Å². The first-order valence-electron chi connectivity index (χ1n) is 10.2. The van der Waals surface area contributed by atoms with Crippen molar-refractivity contribution >= 4 is 16.6 Å². The number of piperidine rings is 1. The minimum Gasteiger partial charge on any atom is -0.507 e. The number of anilines is 1. The minimum absolute atomic E-state index is 0.0580. The lowest BCUT2D eigenvalue weighted by molar-refractivity contribution is 0.176. The molecular formula is C21H22F2N6O2. The quantitative estimate of drug-likeness (QED) is 0.658. The first kappa shape index (κ1) is 19.8. The number of rotatable bonds is 3. The van der Waals surface area contributed by atoms with Gasteiger partial charge in [0.1, 0.15) is 17.7 Å². The van der Waals surface area contributed by atoms with E-state index in [-0.39, 0.29) is 40.0 Å². The summed E-state index contributed by atoms with van der Waals surface area (Å²) in [5.74, 6) is -0.356. The van der Waals surface area contributed by atoms with Gasteiger partial charge in [0, 0.05) is 37.8 Å².